The molecule has 0 aromatic heterocycles. The van der Waals surface area contributed by atoms with E-state index in [9.17, 15) is 14.0 Å². The van der Waals surface area contributed by atoms with Crippen molar-refractivity contribution in [3.63, 3.8) is 0 Å². The molecule has 7 nitrogen and oxygen atoms in total. The highest BCUT2D eigenvalue weighted by atomic mass is 35.5. The number of benzene rings is 1. The average Bonchev–Trinajstić information content (AvgIpc) is 2.95. The van der Waals surface area contributed by atoms with Crippen molar-refractivity contribution in [2.75, 3.05) is 44.2 Å². The molecule has 34 heavy (non-hydrogen) atoms. The zero-order valence-corrected chi connectivity index (χ0v) is 21.3. The number of halogens is 2. The number of amides is 2. The van der Waals surface area contributed by atoms with Gasteiger partial charge < -0.3 is 15.0 Å². The predicted octanol–water partition coefficient (Wildman–Crippen LogP) is 3.06. The Hall–Kier alpha value is -1.90. The number of nitrogens with zero attached hydrogens (tertiary/aromatic N) is 3. The van der Waals surface area contributed by atoms with Gasteiger partial charge in [0.2, 0.25) is 11.8 Å². The lowest BCUT2D eigenvalue weighted by molar-refractivity contribution is -0.139. The number of nitrogens with one attached hydrogen (secondary N) is 1. The molecular weight excluding hydrogens is 459 g/mol. The smallest absolute Gasteiger partial charge is 0.247 e. The van der Waals surface area contributed by atoms with Gasteiger partial charge in [0.15, 0.2) is 0 Å². The Balaban J connectivity index is 0.00000324. The summed E-state index contributed by atoms with van der Waals surface area (Å²) in [5, 5.41) is 3.39. The Kier molecular flexibility index (Phi) is 9.18. The number of carbonyl (C=O) groups excluding carboxylic acids is 2. The third kappa shape index (κ3) is 6.01. The van der Waals surface area contributed by atoms with Crippen LogP contribution in [0.4, 0.5) is 10.1 Å². The quantitative estimate of drug-likeness (QED) is 0.530. The van der Waals surface area contributed by atoms with Crippen LogP contribution in [0.25, 0.3) is 0 Å². The van der Waals surface area contributed by atoms with Gasteiger partial charge in [-0.15, -0.1) is 12.4 Å². The van der Waals surface area contributed by atoms with E-state index in [2.05, 4.69) is 15.1 Å². The molecule has 2 atom stereocenters. The first-order valence-electron chi connectivity index (χ1n) is 12.4. The van der Waals surface area contributed by atoms with E-state index in [0.29, 0.717) is 18.3 Å². The normalized spacial score (nSPS) is 23.9. The lowest BCUT2D eigenvalue weighted by Crippen LogP contribution is -2.48. The maximum absolute atomic E-state index is 13.9. The van der Waals surface area contributed by atoms with Crippen LogP contribution in [0, 0.1) is 11.7 Å². The molecule has 2 heterocycles. The van der Waals surface area contributed by atoms with Gasteiger partial charge in [0.1, 0.15) is 11.6 Å². The number of piperazine rings is 1. The van der Waals surface area contributed by atoms with Gasteiger partial charge in [-0.3, -0.25) is 19.4 Å². The van der Waals surface area contributed by atoms with Gasteiger partial charge in [-0.25, -0.2) is 4.39 Å². The lowest BCUT2D eigenvalue weighted by Gasteiger charge is -2.37. The minimum atomic E-state index is -0.361. The standard InChI is InChI=1S/C25H37FN4O3.ClH/c1-17(2)33-22-9-8-19(26)16-21(22)29-14-12-28(13-15-29)10-5-11-30-24(31)18(3)23(25(30)32)27-20-6-4-7-20;/h8-9,16-18,20,23,27H,4-7,10-15H2,1-3H3;1H. The maximum atomic E-state index is 13.9. The van der Waals surface area contributed by atoms with Crippen molar-refractivity contribution in [2.45, 2.75) is 64.6 Å². The Morgan fingerprint density at radius 3 is 2.41 bits per heavy atom. The van der Waals surface area contributed by atoms with Gasteiger partial charge in [-0.05, 0) is 51.8 Å². The third-order valence-corrected chi connectivity index (χ3v) is 7.06. The molecule has 0 bridgehead atoms. The summed E-state index contributed by atoms with van der Waals surface area (Å²) in [5.74, 6) is 0.0570. The highest BCUT2D eigenvalue weighted by Gasteiger charge is 2.45. The molecule has 4 rings (SSSR count). The number of imide groups is 1. The maximum Gasteiger partial charge on any atom is 0.247 e. The van der Waals surface area contributed by atoms with Gasteiger partial charge >= 0.3 is 0 Å². The van der Waals surface area contributed by atoms with Crippen LogP contribution in [0.2, 0.25) is 0 Å². The Bertz CT molecular complexity index is 859. The van der Waals surface area contributed by atoms with Gasteiger partial charge in [0.25, 0.3) is 0 Å². The molecule has 1 aliphatic carbocycles. The molecule has 0 spiro atoms. The summed E-state index contributed by atoms with van der Waals surface area (Å²) in [4.78, 5) is 31.4. The van der Waals surface area contributed by atoms with Gasteiger partial charge in [0, 0.05) is 44.8 Å². The highest BCUT2D eigenvalue weighted by Crippen LogP contribution is 2.31. The molecule has 9 heteroatoms. The van der Waals surface area contributed by atoms with Gasteiger partial charge in [0.05, 0.1) is 23.8 Å². The lowest BCUT2D eigenvalue weighted by atomic mass is 9.91. The fourth-order valence-electron chi connectivity index (χ4n) is 4.90. The molecule has 2 aliphatic heterocycles. The van der Waals surface area contributed by atoms with E-state index in [1.165, 1.54) is 17.4 Å². The van der Waals surface area contributed by atoms with E-state index < -0.39 is 0 Å². The number of carbonyl (C=O) groups is 2. The summed E-state index contributed by atoms with van der Waals surface area (Å²) in [6, 6.07) is 4.71. The van der Waals surface area contributed by atoms with Crippen molar-refractivity contribution in [1.29, 1.82) is 0 Å². The van der Waals surface area contributed by atoms with E-state index >= 15 is 0 Å². The second-order valence-corrected chi connectivity index (χ2v) is 9.85. The minimum Gasteiger partial charge on any atom is -0.489 e. The number of rotatable bonds is 9. The number of hydrogen-bond donors (Lipinski definition) is 1. The van der Waals surface area contributed by atoms with Crippen molar-refractivity contribution in [3.8, 4) is 5.75 Å². The number of likely N-dealkylation sites (tertiary alicyclic amines) is 1. The first-order valence-corrected chi connectivity index (χ1v) is 12.4. The van der Waals surface area contributed by atoms with Gasteiger partial charge in [-0.2, -0.15) is 0 Å². The second-order valence-electron chi connectivity index (χ2n) is 9.85. The number of anilines is 1. The molecule has 3 aliphatic rings. The first-order chi connectivity index (χ1) is 15.8. The molecular formula is C25H38ClFN4O3. The van der Waals surface area contributed by atoms with Crippen molar-refractivity contribution in [1.82, 2.24) is 15.1 Å². The Morgan fingerprint density at radius 2 is 1.79 bits per heavy atom. The van der Waals surface area contributed by atoms with E-state index in [-0.39, 0.29) is 48.1 Å². The fourth-order valence-corrected chi connectivity index (χ4v) is 4.90. The number of hydrogen-bond acceptors (Lipinski definition) is 6. The molecule has 1 N–H and O–H groups in total. The van der Waals surface area contributed by atoms with E-state index in [4.69, 9.17) is 4.74 Å². The molecule has 190 valence electrons. The summed E-state index contributed by atoms with van der Waals surface area (Å²) >= 11 is 0. The van der Waals surface area contributed by atoms with Crippen LogP contribution in [-0.2, 0) is 9.59 Å². The number of ether oxygens (including phenoxy) is 1. The fraction of sp³-hybridized carbons (Fsp3) is 0.680. The topological polar surface area (TPSA) is 65.1 Å². The Morgan fingerprint density at radius 1 is 1.09 bits per heavy atom. The van der Waals surface area contributed by atoms with Crippen LogP contribution in [0.3, 0.4) is 0 Å². The second kappa shape index (κ2) is 11.7. The van der Waals surface area contributed by atoms with E-state index in [1.54, 1.807) is 12.1 Å². The van der Waals surface area contributed by atoms with Crippen LogP contribution in [0.1, 0.15) is 46.5 Å². The molecule has 1 aromatic carbocycles. The van der Waals surface area contributed by atoms with Crippen molar-refractivity contribution < 1.29 is 18.7 Å². The van der Waals surface area contributed by atoms with Crippen molar-refractivity contribution in [2.24, 2.45) is 5.92 Å². The van der Waals surface area contributed by atoms with Crippen LogP contribution in [-0.4, -0.2) is 79.1 Å². The summed E-state index contributed by atoms with van der Waals surface area (Å²) in [7, 11) is 0. The summed E-state index contributed by atoms with van der Waals surface area (Å²) in [6.07, 6.45) is 4.18. The molecule has 0 radical (unpaired) electrons. The molecule has 1 saturated carbocycles. The molecule has 3 fully saturated rings. The van der Waals surface area contributed by atoms with Crippen molar-refractivity contribution in [3.05, 3.63) is 24.0 Å². The molecule has 1 aromatic rings. The summed E-state index contributed by atoms with van der Waals surface area (Å²) < 4.78 is 19.8. The van der Waals surface area contributed by atoms with E-state index in [0.717, 1.165) is 57.7 Å². The van der Waals surface area contributed by atoms with E-state index in [1.807, 2.05) is 20.8 Å². The highest BCUT2D eigenvalue weighted by molar-refractivity contribution is 6.06. The predicted molar refractivity (Wildman–Crippen MR) is 133 cm³/mol. The monoisotopic (exact) mass is 496 g/mol. The Labute approximate surface area is 208 Å². The molecule has 2 amide bonds. The van der Waals surface area contributed by atoms with Crippen LogP contribution in [0.15, 0.2) is 18.2 Å². The SMILES string of the molecule is CC(C)Oc1ccc(F)cc1N1CCN(CCCN2C(=O)C(C)C(NC3CCC3)C2=O)CC1.Cl. The third-order valence-electron chi connectivity index (χ3n) is 7.06. The largest absolute Gasteiger partial charge is 0.489 e. The van der Waals surface area contributed by atoms with Crippen LogP contribution < -0.4 is 15.0 Å². The summed E-state index contributed by atoms with van der Waals surface area (Å²) in [6.45, 7) is 10.4. The van der Waals surface area contributed by atoms with Crippen LogP contribution >= 0.6 is 12.4 Å². The molecule has 2 saturated heterocycles. The first kappa shape index (κ1) is 26.7. The zero-order valence-electron chi connectivity index (χ0n) is 20.5. The summed E-state index contributed by atoms with van der Waals surface area (Å²) in [5.41, 5.74) is 0.801. The average molecular weight is 497 g/mol. The molecule has 2 unspecified atom stereocenters. The zero-order chi connectivity index (χ0) is 23.5. The minimum absolute atomic E-state index is 0. The van der Waals surface area contributed by atoms with Crippen molar-refractivity contribution >= 4 is 29.9 Å². The van der Waals surface area contributed by atoms with Crippen LogP contribution in [0.5, 0.6) is 5.75 Å². The van der Waals surface area contributed by atoms with Gasteiger partial charge in [-0.1, -0.05) is 13.3 Å².